The van der Waals surface area contributed by atoms with Gasteiger partial charge < -0.3 is 29.2 Å². The van der Waals surface area contributed by atoms with Crippen molar-refractivity contribution in [3.05, 3.63) is 36.4 Å². The molecule has 2 aromatic rings. The summed E-state index contributed by atoms with van der Waals surface area (Å²) in [6, 6.07) is 10.5. The van der Waals surface area contributed by atoms with Gasteiger partial charge in [-0.05, 0) is 12.1 Å². The van der Waals surface area contributed by atoms with Crippen LogP contribution in [-0.2, 0) is 9.59 Å². The van der Waals surface area contributed by atoms with E-state index in [0.717, 1.165) is 0 Å². The predicted molar refractivity (Wildman–Crippen MR) is 108 cm³/mol. The minimum atomic E-state index is -0.494. The molecule has 0 spiro atoms. The number of nitrogens with zero attached hydrogens (tertiary/aromatic N) is 1. The monoisotopic (exact) mass is 400 g/mol. The van der Waals surface area contributed by atoms with Crippen LogP contribution in [0.25, 0.3) is 0 Å². The van der Waals surface area contributed by atoms with Gasteiger partial charge in [0.2, 0.25) is 17.6 Å². The third-order valence-corrected chi connectivity index (χ3v) is 4.80. The van der Waals surface area contributed by atoms with Crippen LogP contribution in [0.3, 0.4) is 0 Å². The maximum absolute atomic E-state index is 12.8. The Kier molecular flexibility index (Phi) is 6.11. The summed E-state index contributed by atoms with van der Waals surface area (Å²) in [5, 5.41) is 2.84. The number of amides is 2. The lowest BCUT2D eigenvalue weighted by molar-refractivity contribution is -0.122. The first kappa shape index (κ1) is 20.3. The number of methoxy groups -OCH3 is 4. The molecule has 0 radical (unpaired) electrons. The fraction of sp³-hybridized carbons (Fsp3) is 0.333. The van der Waals surface area contributed by atoms with Gasteiger partial charge in [-0.3, -0.25) is 9.59 Å². The molecular formula is C21H24N2O6. The number of para-hydroxylation sites is 2. The largest absolute Gasteiger partial charge is 0.495 e. The van der Waals surface area contributed by atoms with Crippen LogP contribution < -0.4 is 29.2 Å². The summed E-state index contributed by atoms with van der Waals surface area (Å²) in [4.78, 5) is 26.9. The van der Waals surface area contributed by atoms with Gasteiger partial charge in [0, 0.05) is 30.8 Å². The second-order valence-electron chi connectivity index (χ2n) is 6.48. The van der Waals surface area contributed by atoms with Crippen LogP contribution in [0.1, 0.15) is 6.42 Å². The summed E-state index contributed by atoms with van der Waals surface area (Å²) in [5.74, 6) is 1.01. The first-order valence-electron chi connectivity index (χ1n) is 9.06. The molecule has 0 saturated carbocycles. The highest BCUT2D eigenvalue weighted by Crippen LogP contribution is 2.40. The molecule has 3 rings (SSSR count). The minimum Gasteiger partial charge on any atom is -0.495 e. The third kappa shape index (κ3) is 4.06. The molecule has 1 N–H and O–H groups in total. The second kappa shape index (κ2) is 8.72. The van der Waals surface area contributed by atoms with Crippen molar-refractivity contribution in [2.45, 2.75) is 6.42 Å². The van der Waals surface area contributed by atoms with E-state index in [9.17, 15) is 9.59 Å². The molecule has 2 aromatic carbocycles. The van der Waals surface area contributed by atoms with E-state index in [-0.39, 0.29) is 24.8 Å². The number of carbonyl (C=O) groups excluding carboxylic acids is 2. The Bertz CT molecular complexity index is 889. The van der Waals surface area contributed by atoms with Crippen LogP contribution in [0.4, 0.5) is 11.4 Å². The van der Waals surface area contributed by atoms with Crippen LogP contribution in [0, 0.1) is 5.92 Å². The van der Waals surface area contributed by atoms with Crippen LogP contribution in [0.15, 0.2) is 36.4 Å². The molecular weight excluding hydrogens is 376 g/mol. The molecule has 2 amide bonds. The Morgan fingerprint density at radius 1 is 0.966 bits per heavy atom. The molecule has 1 aliphatic heterocycles. The lowest BCUT2D eigenvalue weighted by Crippen LogP contribution is -2.28. The van der Waals surface area contributed by atoms with E-state index in [1.165, 1.54) is 21.3 Å². The van der Waals surface area contributed by atoms with Crippen molar-refractivity contribution in [2.24, 2.45) is 5.92 Å². The van der Waals surface area contributed by atoms with E-state index >= 15 is 0 Å². The normalized spacial score (nSPS) is 15.8. The molecule has 0 aliphatic carbocycles. The molecule has 1 atom stereocenters. The Balaban J connectivity index is 1.78. The van der Waals surface area contributed by atoms with Gasteiger partial charge in [0.15, 0.2) is 11.5 Å². The Labute approximate surface area is 169 Å². The molecule has 1 aliphatic rings. The smallest absolute Gasteiger partial charge is 0.229 e. The SMILES string of the molecule is COc1ccccc1N1C[C@@H](C(=O)Nc2cc(OC)c(OC)c(OC)c2)CC1=O. The summed E-state index contributed by atoms with van der Waals surface area (Å²) in [6.07, 6.45) is 0.119. The van der Waals surface area contributed by atoms with Crippen LogP contribution >= 0.6 is 0 Å². The van der Waals surface area contributed by atoms with Crippen molar-refractivity contribution < 1.29 is 28.5 Å². The molecule has 0 aromatic heterocycles. The lowest BCUT2D eigenvalue weighted by Gasteiger charge is -2.19. The Hall–Kier alpha value is -3.42. The maximum atomic E-state index is 12.8. The summed E-state index contributed by atoms with van der Waals surface area (Å²) < 4.78 is 21.3. The second-order valence-corrected chi connectivity index (χ2v) is 6.48. The molecule has 1 fully saturated rings. The van der Waals surface area contributed by atoms with E-state index in [0.29, 0.717) is 34.4 Å². The topological polar surface area (TPSA) is 86.3 Å². The van der Waals surface area contributed by atoms with Gasteiger partial charge in [-0.15, -0.1) is 0 Å². The minimum absolute atomic E-state index is 0.119. The summed E-state index contributed by atoms with van der Waals surface area (Å²) in [6.45, 7) is 0.273. The Morgan fingerprint density at radius 3 is 2.17 bits per heavy atom. The van der Waals surface area contributed by atoms with Crippen molar-refractivity contribution >= 4 is 23.2 Å². The van der Waals surface area contributed by atoms with Gasteiger partial charge in [-0.25, -0.2) is 0 Å². The van der Waals surface area contributed by atoms with Crippen molar-refractivity contribution in [1.29, 1.82) is 0 Å². The summed E-state index contributed by atoms with van der Waals surface area (Å²) in [7, 11) is 6.07. The van der Waals surface area contributed by atoms with E-state index < -0.39 is 5.92 Å². The number of carbonyl (C=O) groups is 2. The third-order valence-electron chi connectivity index (χ3n) is 4.80. The number of hydrogen-bond acceptors (Lipinski definition) is 6. The fourth-order valence-corrected chi connectivity index (χ4v) is 3.37. The highest BCUT2D eigenvalue weighted by molar-refractivity contribution is 6.04. The summed E-state index contributed by atoms with van der Waals surface area (Å²) in [5.41, 5.74) is 1.15. The summed E-state index contributed by atoms with van der Waals surface area (Å²) >= 11 is 0. The highest BCUT2D eigenvalue weighted by Gasteiger charge is 2.36. The average molecular weight is 400 g/mol. The molecule has 8 nitrogen and oxygen atoms in total. The van der Waals surface area contributed by atoms with E-state index in [1.807, 2.05) is 12.1 Å². The number of benzene rings is 2. The van der Waals surface area contributed by atoms with Gasteiger partial charge >= 0.3 is 0 Å². The fourth-order valence-electron chi connectivity index (χ4n) is 3.37. The van der Waals surface area contributed by atoms with Crippen LogP contribution in [0.5, 0.6) is 23.0 Å². The number of ether oxygens (including phenoxy) is 4. The predicted octanol–water partition coefficient (Wildman–Crippen LogP) is 2.71. The first-order valence-corrected chi connectivity index (χ1v) is 9.06. The van der Waals surface area contributed by atoms with Gasteiger partial charge in [0.25, 0.3) is 0 Å². The lowest BCUT2D eigenvalue weighted by atomic mass is 10.1. The van der Waals surface area contributed by atoms with E-state index in [2.05, 4.69) is 5.32 Å². The Morgan fingerprint density at radius 2 is 1.59 bits per heavy atom. The van der Waals surface area contributed by atoms with E-state index in [1.54, 1.807) is 36.3 Å². The van der Waals surface area contributed by atoms with Gasteiger partial charge in [0.1, 0.15) is 5.75 Å². The molecule has 0 bridgehead atoms. The first-order chi connectivity index (χ1) is 14.0. The number of rotatable bonds is 7. The molecule has 154 valence electrons. The molecule has 1 saturated heterocycles. The van der Waals surface area contributed by atoms with Crippen LogP contribution in [-0.4, -0.2) is 46.8 Å². The highest BCUT2D eigenvalue weighted by atomic mass is 16.5. The van der Waals surface area contributed by atoms with Gasteiger partial charge in [-0.2, -0.15) is 0 Å². The van der Waals surface area contributed by atoms with Crippen molar-refractivity contribution in [3.8, 4) is 23.0 Å². The average Bonchev–Trinajstić information content (AvgIpc) is 3.14. The molecule has 1 heterocycles. The quantitative estimate of drug-likeness (QED) is 0.769. The van der Waals surface area contributed by atoms with Crippen molar-refractivity contribution in [1.82, 2.24) is 0 Å². The van der Waals surface area contributed by atoms with Gasteiger partial charge in [-0.1, -0.05) is 12.1 Å². The standard InChI is InChI=1S/C21H24N2O6/c1-26-16-8-6-5-7-15(16)23-12-13(9-19(23)24)21(25)22-14-10-17(27-2)20(29-4)18(11-14)28-3/h5-8,10-11,13H,9,12H2,1-4H3,(H,22,25)/t13-/m0/s1. The number of hydrogen-bond donors (Lipinski definition) is 1. The maximum Gasteiger partial charge on any atom is 0.229 e. The zero-order valence-electron chi connectivity index (χ0n) is 16.9. The van der Waals surface area contributed by atoms with Crippen molar-refractivity contribution in [2.75, 3.05) is 45.2 Å². The molecule has 29 heavy (non-hydrogen) atoms. The zero-order valence-corrected chi connectivity index (χ0v) is 16.9. The number of anilines is 2. The van der Waals surface area contributed by atoms with Crippen molar-refractivity contribution in [3.63, 3.8) is 0 Å². The zero-order chi connectivity index (χ0) is 21.0. The molecule has 8 heteroatoms. The molecule has 0 unspecified atom stereocenters. The number of nitrogens with one attached hydrogen (secondary N) is 1. The van der Waals surface area contributed by atoms with Gasteiger partial charge in [0.05, 0.1) is 40.0 Å². The van der Waals surface area contributed by atoms with E-state index in [4.69, 9.17) is 18.9 Å². The van der Waals surface area contributed by atoms with Crippen LogP contribution in [0.2, 0.25) is 0 Å².